The Bertz CT molecular complexity index is 1440. The first kappa shape index (κ1) is 29.0. The van der Waals surface area contributed by atoms with Crippen molar-refractivity contribution in [1.82, 2.24) is 0 Å². The van der Waals surface area contributed by atoms with Gasteiger partial charge in [-0.05, 0) is 24.3 Å². The van der Waals surface area contributed by atoms with Gasteiger partial charge in [0, 0.05) is 17.7 Å². The molecule has 41 heavy (non-hydrogen) atoms. The predicted octanol–water partition coefficient (Wildman–Crippen LogP) is -1.78. The van der Waals surface area contributed by atoms with E-state index in [1.54, 1.807) is 0 Å². The van der Waals surface area contributed by atoms with Crippen LogP contribution < -0.4 is 10.2 Å². The number of rotatable bonds is 6. The minimum atomic E-state index is -1.75. The number of hydrogen-bond donors (Lipinski definition) is 9. The Morgan fingerprint density at radius 3 is 2.22 bits per heavy atom. The number of phenols is 2. The van der Waals surface area contributed by atoms with Crippen LogP contribution >= 0.6 is 0 Å². The maximum atomic E-state index is 12.8. The van der Waals surface area contributed by atoms with E-state index in [9.17, 15) is 50.8 Å². The number of fused-ring (bicyclic) bond motifs is 1. The largest absolute Gasteiger partial charge is 0.508 e. The van der Waals surface area contributed by atoms with Gasteiger partial charge in [0.1, 0.15) is 70.9 Å². The van der Waals surface area contributed by atoms with Crippen molar-refractivity contribution in [2.75, 3.05) is 13.2 Å². The number of aliphatic hydroxyl groups is 6. The number of hydrogen-bond acceptors (Lipinski definition) is 15. The van der Waals surface area contributed by atoms with Gasteiger partial charge in [-0.15, -0.1) is 0 Å². The molecule has 5 rings (SSSR count). The van der Waals surface area contributed by atoms with Gasteiger partial charge >= 0.3 is 0 Å². The number of phenolic OH excluding ortho intramolecular Hbond substituents is 2. The fraction of sp³-hybridized carbons (Fsp3) is 0.423. The van der Waals surface area contributed by atoms with E-state index in [0.717, 1.165) is 6.07 Å². The molecule has 2 saturated heterocycles. The zero-order valence-electron chi connectivity index (χ0n) is 21.0. The second-order valence-corrected chi connectivity index (χ2v) is 9.64. The second kappa shape index (κ2) is 11.4. The summed E-state index contributed by atoms with van der Waals surface area (Å²) in [7, 11) is 0. The van der Waals surface area contributed by atoms with E-state index >= 15 is 0 Å². The summed E-state index contributed by atoms with van der Waals surface area (Å²) >= 11 is 0. The third-order valence-corrected chi connectivity index (χ3v) is 6.90. The van der Waals surface area contributed by atoms with E-state index < -0.39 is 85.4 Å². The monoisotopic (exact) mass is 580 g/mol. The summed E-state index contributed by atoms with van der Waals surface area (Å²) in [5.74, 6) is -1.83. The highest BCUT2D eigenvalue weighted by Gasteiger charge is 2.48. The Balaban J connectivity index is 1.34. The topological polar surface area (TPSA) is 249 Å². The molecule has 2 aromatic carbocycles. The molecule has 3 heterocycles. The van der Waals surface area contributed by atoms with Crippen LogP contribution in [0.5, 0.6) is 23.0 Å². The molecule has 0 unspecified atom stereocenters. The van der Waals surface area contributed by atoms with Gasteiger partial charge in [0.2, 0.25) is 17.5 Å². The van der Waals surface area contributed by atoms with Gasteiger partial charge in [-0.25, -0.2) is 0 Å². The van der Waals surface area contributed by atoms with Crippen molar-refractivity contribution in [2.45, 2.75) is 55.3 Å². The molecule has 0 aliphatic carbocycles. The molecule has 2 aliphatic rings. The first-order chi connectivity index (χ1) is 19.5. The van der Waals surface area contributed by atoms with Gasteiger partial charge in [-0.3, -0.25) is 4.79 Å². The molecule has 0 radical (unpaired) electrons. The van der Waals surface area contributed by atoms with Gasteiger partial charge in [0.05, 0.1) is 13.2 Å². The maximum Gasteiger partial charge on any atom is 0.238 e. The number of aromatic hydroxyl groups is 3. The highest BCUT2D eigenvalue weighted by molar-refractivity contribution is 5.88. The number of ether oxygens (including phenoxy) is 4. The van der Waals surface area contributed by atoms with Crippen LogP contribution in [0.2, 0.25) is 0 Å². The van der Waals surface area contributed by atoms with Crippen molar-refractivity contribution < 1.29 is 69.3 Å². The first-order valence-corrected chi connectivity index (χ1v) is 12.4. The Kier molecular flexibility index (Phi) is 8.06. The Morgan fingerprint density at radius 2 is 1.54 bits per heavy atom. The zero-order chi connectivity index (χ0) is 29.6. The second-order valence-electron chi connectivity index (χ2n) is 9.64. The molecule has 9 atom stereocenters. The number of aliphatic hydroxyl groups excluding tert-OH is 6. The molecule has 1 aromatic heterocycles. The average Bonchev–Trinajstić information content (AvgIpc) is 2.95. The smallest absolute Gasteiger partial charge is 0.238 e. The third-order valence-electron chi connectivity index (χ3n) is 6.90. The summed E-state index contributed by atoms with van der Waals surface area (Å²) in [6.07, 6.45) is -14.2. The van der Waals surface area contributed by atoms with E-state index in [1.807, 2.05) is 0 Å². The van der Waals surface area contributed by atoms with Gasteiger partial charge < -0.3 is 69.3 Å². The van der Waals surface area contributed by atoms with E-state index in [-0.39, 0.29) is 33.8 Å². The molecule has 0 bridgehead atoms. The lowest BCUT2D eigenvalue weighted by Gasteiger charge is -2.43. The van der Waals surface area contributed by atoms with Gasteiger partial charge in [0.25, 0.3) is 0 Å². The van der Waals surface area contributed by atoms with Crippen molar-refractivity contribution in [3.63, 3.8) is 0 Å². The van der Waals surface area contributed by atoms with Crippen LogP contribution in [0.3, 0.4) is 0 Å². The lowest BCUT2D eigenvalue weighted by atomic mass is 9.99. The van der Waals surface area contributed by atoms with E-state index in [2.05, 4.69) is 0 Å². The fourth-order valence-corrected chi connectivity index (χ4v) is 4.62. The van der Waals surface area contributed by atoms with Crippen LogP contribution in [-0.4, -0.2) is 114 Å². The SMILES string of the molecule is O=c1c(O)c(-c2ccc(O)cc2)oc2cc(O[C@@H]3OC[C@@H](O[C@@H]4O[C@H](CO)[C@@H](O)[C@H](O)[C@H]4O)[C@H](O)[C@H]3O)cc(O)c12. The van der Waals surface area contributed by atoms with E-state index in [0.29, 0.717) is 0 Å². The summed E-state index contributed by atoms with van der Waals surface area (Å²) in [5.41, 5.74) is -0.874. The van der Waals surface area contributed by atoms with Gasteiger partial charge in [-0.2, -0.15) is 0 Å². The quantitative estimate of drug-likeness (QED) is 0.156. The molecule has 0 spiro atoms. The number of benzene rings is 2. The highest BCUT2D eigenvalue weighted by atomic mass is 16.7. The Morgan fingerprint density at radius 1 is 0.854 bits per heavy atom. The van der Waals surface area contributed by atoms with Crippen molar-refractivity contribution in [2.24, 2.45) is 0 Å². The molecule has 3 aromatic rings. The molecule has 2 aliphatic heterocycles. The lowest BCUT2D eigenvalue weighted by molar-refractivity contribution is -0.338. The van der Waals surface area contributed by atoms with Crippen LogP contribution in [0.1, 0.15) is 0 Å². The highest BCUT2D eigenvalue weighted by Crippen LogP contribution is 2.36. The van der Waals surface area contributed by atoms with Crippen LogP contribution in [0.25, 0.3) is 22.3 Å². The molecular formula is C26H28O15. The normalized spacial score (nSPS) is 32.2. The van der Waals surface area contributed by atoms with Crippen molar-refractivity contribution >= 4 is 11.0 Å². The van der Waals surface area contributed by atoms with Crippen molar-refractivity contribution in [1.29, 1.82) is 0 Å². The standard InChI is InChI=1S/C26H28O15/c27-7-14-17(30)20(33)23(36)26(40-14)41-15-8-37-25(22(35)18(15)31)38-11-5-12(29)16-13(6-11)39-24(21(34)19(16)32)9-1-3-10(28)4-2-9/h1-6,14-15,17-18,20,22-23,25-31,33-36H,7-8H2/t14-,15-,17-,18+,20+,22-,23-,25+,26+/m1/s1. The lowest BCUT2D eigenvalue weighted by Crippen LogP contribution is -2.62. The summed E-state index contributed by atoms with van der Waals surface area (Å²) in [4.78, 5) is 12.8. The molecule has 0 amide bonds. The van der Waals surface area contributed by atoms with Crippen LogP contribution in [0.15, 0.2) is 45.6 Å². The van der Waals surface area contributed by atoms with Gasteiger partial charge in [-0.1, -0.05) is 0 Å². The first-order valence-electron chi connectivity index (χ1n) is 12.4. The van der Waals surface area contributed by atoms with Gasteiger partial charge in [0.15, 0.2) is 12.1 Å². The molecule has 0 saturated carbocycles. The zero-order valence-corrected chi connectivity index (χ0v) is 21.0. The predicted molar refractivity (Wildman–Crippen MR) is 134 cm³/mol. The molecule has 222 valence electrons. The Hall–Kier alpha value is -3.51. The van der Waals surface area contributed by atoms with Crippen molar-refractivity contribution in [3.05, 3.63) is 46.6 Å². The molecule has 15 heteroatoms. The molecule has 2 fully saturated rings. The summed E-state index contributed by atoms with van der Waals surface area (Å²) in [6.45, 7) is -1.10. The molecule has 9 N–H and O–H groups in total. The maximum absolute atomic E-state index is 12.8. The summed E-state index contributed by atoms with van der Waals surface area (Å²) < 4.78 is 27.4. The van der Waals surface area contributed by atoms with E-state index in [4.69, 9.17) is 23.4 Å². The molecule has 15 nitrogen and oxygen atoms in total. The summed E-state index contributed by atoms with van der Waals surface area (Å²) in [6, 6.07) is 7.64. The fourth-order valence-electron chi connectivity index (χ4n) is 4.62. The van der Waals surface area contributed by atoms with Crippen LogP contribution in [0.4, 0.5) is 0 Å². The molecular weight excluding hydrogens is 552 g/mol. The van der Waals surface area contributed by atoms with Crippen LogP contribution in [0, 0.1) is 0 Å². The summed E-state index contributed by atoms with van der Waals surface area (Å²) in [5, 5.41) is 90.6. The Labute approximate surface area is 230 Å². The third kappa shape index (κ3) is 5.42. The minimum absolute atomic E-state index is 0.0567. The van der Waals surface area contributed by atoms with Crippen LogP contribution in [-0.2, 0) is 14.2 Å². The minimum Gasteiger partial charge on any atom is -0.508 e. The average molecular weight is 580 g/mol. The van der Waals surface area contributed by atoms with Crippen molar-refractivity contribution in [3.8, 4) is 34.3 Å². The van der Waals surface area contributed by atoms with E-state index in [1.165, 1.54) is 30.3 Å².